The van der Waals surface area contributed by atoms with Crippen LogP contribution in [0, 0.1) is 5.82 Å². The van der Waals surface area contributed by atoms with Gasteiger partial charge in [-0.25, -0.2) is 14.2 Å². The van der Waals surface area contributed by atoms with Crippen molar-refractivity contribution in [2.75, 3.05) is 12.4 Å². The Labute approximate surface area is 119 Å². The molecule has 1 aromatic carbocycles. The maximum atomic E-state index is 13.3. The molecule has 1 heterocycles. The van der Waals surface area contributed by atoms with Gasteiger partial charge in [0.2, 0.25) is 0 Å². The fourth-order valence-electron chi connectivity index (χ4n) is 1.78. The number of aliphatic carboxylic acids is 1. The van der Waals surface area contributed by atoms with Gasteiger partial charge in [-0.3, -0.25) is 0 Å². The van der Waals surface area contributed by atoms with Gasteiger partial charge >= 0.3 is 5.97 Å². The number of nitrogens with one attached hydrogen (secondary N) is 1. The van der Waals surface area contributed by atoms with Crippen molar-refractivity contribution in [1.82, 2.24) is 4.98 Å². The lowest BCUT2D eigenvalue weighted by Gasteiger charge is -2.02. The Morgan fingerprint density at radius 2 is 2.25 bits per heavy atom. The number of rotatable bonds is 4. The lowest BCUT2D eigenvalue weighted by atomic mass is 10.1. The molecule has 0 radical (unpaired) electrons. The number of carboxylic acids is 1. The first kappa shape index (κ1) is 14.2. The van der Waals surface area contributed by atoms with Crippen LogP contribution in [0.5, 0.6) is 0 Å². The molecule has 0 unspecified atom stereocenters. The molecule has 0 aliphatic carbocycles. The molecule has 2 N–H and O–H groups in total. The van der Waals surface area contributed by atoms with Crippen molar-refractivity contribution in [3.8, 4) is 11.3 Å². The van der Waals surface area contributed by atoms with E-state index >= 15 is 0 Å². The summed E-state index contributed by atoms with van der Waals surface area (Å²) in [4.78, 5) is 15.9. The van der Waals surface area contributed by atoms with Crippen LogP contribution in [-0.2, 0) is 4.79 Å². The molecule has 0 aliphatic rings. The molecule has 0 fully saturated rings. The van der Waals surface area contributed by atoms with E-state index in [0.29, 0.717) is 26.8 Å². The second-order valence-corrected chi connectivity index (χ2v) is 5.12. The summed E-state index contributed by atoms with van der Waals surface area (Å²) >= 11 is 1.33. The molecule has 104 valence electrons. The highest BCUT2D eigenvalue weighted by atomic mass is 32.1. The molecule has 2 rings (SSSR count). The summed E-state index contributed by atoms with van der Waals surface area (Å²) in [5.41, 5.74) is 1.78. The molecule has 0 saturated carbocycles. The molecule has 1 aromatic heterocycles. The van der Waals surface area contributed by atoms with Gasteiger partial charge in [-0.05, 0) is 24.6 Å². The van der Waals surface area contributed by atoms with E-state index in [9.17, 15) is 9.18 Å². The predicted molar refractivity (Wildman–Crippen MR) is 78.3 cm³/mol. The van der Waals surface area contributed by atoms with Gasteiger partial charge in [0, 0.05) is 18.7 Å². The zero-order chi connectivity index (χ0) is 14.7. The molecular weight excluding hydrogens is 279 g/mol. The zero-order valence-corrected chi connectivity index (χ0v) is 11.8. The Bertz CT molecular complexity index is 680. The summed E-state index contributed by atoms with van der Waals surface area (Å²) in [6.45, 7) is 1.70. The number of aromatic nitrogens is 1. The SMILES string of the molecule is CNc1nc(-c2cccc(F)c2)c(/C(C)=C/C(=O)O)s1. The van der Waals surface area contributed by atoms with Gasteiger partial charge < -0.3 is 10.4 Å². The standard InChI is InChI=1S/C14H13FN2O2S/c1-8(6-11(18)19)13-12(17-14(16-2)20-13)9-4-3-5-10(15)7-9/h3-7H,1-2H3,(H,16,17)(H,18,19)/b8-6+. The molecule has 0 aliphatic heterocycles. The Hall–Kier alpha value is -2.21. The first-order valence-corrected chi connectivity index (χ1v) is 6.69. The summed E-state index contributed by atoms with van der Waals surface area (Å²) in [5.74, 6) is -1.38. The van der Waals surface area contributed by atoms with E-state index < -0.39 is 5.97 Å². The van der Waals surface area contributed by atoms with Crippen molar-refractivity contribution in [1.29, 1.82) is 0 Å². The maximum Gasteiger partial charge on any atom is 0.328 e. The first-order chi connectivity index (χ1) is 9.51. The number of hydrogen-bond donors (Lipinski definition) is 2. The van der Waals surface area contributed by atoms with Gasteiger partial charge in [-0.2, -0.15) is 0 Å². The van der Waals surface area contributed by atoms with Gasteiger partial charge in [-0.15, -0.1) is 0 Å². The molecular formula is C14H13FN2O2S. The molecule has 0 amide bonds. The minimum atomic E-state index is -1.02. The molecule has 0 atom stereocenters. The highest BCUT2D eigenvalue weighted by Gasteiger charge is 2.15. The topological polar surface area (TPSA) is 62.2 Å². The number of anilines is 1. The lowest BCUT2D eigenvalue weighted by Crippen LogP contribution is -1.91. The average Bonchev–Trinajstić information content (AvgIpc) is 2.82. The normalized spacial score (nSPS) is 11.4. The van der Waals surface area contributed by atoms with Gasteiger partial charge in [0.15, 0.2) is 5.13 Å². The van der Waals surface area contributed by atoms with Crippen LogP contribution in [-0.4, -0.2) is 23.1 Å². The van der Waals surface area contributed by atoms with E-state index in [4.69, 9.17) is 5.11 Å². The summed E-state index contributed by atoms with van der Waals surface area (Å²) in [7, 11) is 1.73. The largest absolute Gasteiger partial charge is 0.478 e. The monoisotopic (exact) mass is 292 g/mol. The van der Waals surface area contributed by atoms with Crippen LogP contribution in [0.3, 0.4) is 0 Å². The van der Waals surface area contributed by atoms with Crippen molar-refractivity contribution in [2.24, 2.45) is 0 Å². The number of carbonyl (C=O) groups is 1. The molecule has 0 spiro atoms. The number of nitrogens with zero attached hydrogens (tertiary/aromatic N) is 1. The smallest absolute Gasteiger partial charge is 0.328 e. The Kier molecular flexibility index (Phi) is 4.14. The van der Waals surface area contributed by atoms with Crippen LogP contribution in [0.2, 0.25) is 0 Å². The second kappa shape index (κ2) is 5.83. The van der Waals surface area contributed by atoms with Gasteiger partial charge in [0.25, 0.3) is 0 Å². The van der Waals surface area contributed by atoms with E-state index in [1.807, 2.05) is 0 Å². The van der Waals surface area contributed by atoms with Crippen molar-refractivity contribution in [3.05, 3.63) is 41.0 Å². The molecule has 6 heteroatoms. The molecule has 0 saturated heterocycles. The first-order valence-electron chi connectivity index (χ1n) is 5.87. The third-order valence-electron chi connectivity index (χ3n) is 2.64. The van der Waals surface area contributed by atoms with Crippen LogP contribution in [0.15, 0.2) is 30.3 Å². The highest BCUT2D eigenvalue weighted by molar-refractivity contribution is 7.17. The van der Waals surface area contributed by atoms with Crippen LogP contribution in [0.1, 0.15) is 11.8 Å². The van der Waals surface area contributed by atoms with E-state index in [0.717, 1.165) is 6.08 Å². The van der Waals surface area contributed by atoms with Crippen molar-refractivity contribution < 1.29 is 14.3 Å². The molecule has 2 aromatic rings. The van der Waals surface area contributed by atoms with Crippen molar-refractivity contribution >= 4 is 28.0 Å². The number of thiazole rings is 1. The number of carboxylic acid groups (broad SMARTS) is 1. The minimum absolute atomic E-state index is 0.354. The Morgan fingerprint density at radius 3 is 2.85 bits per heavy atom. The van der Waals surface area contributed by atoms with Crippen LogP contribution >= 0.6 is 11.3 Å². The number of allylic oxidation sites excluding steroid dienone is 1. The number of halogens is 1. The summed E-state index contributed by atoms with van der Waals surface area (Å²) in [6, 6.07) is 6.08. The predicted octanol–water partition coefficient (Wildman–Crippen LogP) is 3.48. The number of hydrogen-bond acceptors (Lipinski definition) is 4. The lowest BCUT2D eigenvalue weighted by molar-refractivity contribution is -0.131. The molecule has 20 heavy (non-hydrogen) atoms. The van der Waals surface area contributed by atoms with E-state index in [1.165, 1.54) is 23.5 Å². The minimum Gasteiger partial charge on any atom is -0.478 e. The van der Waals surface area contributed by atoms with Crippen LogP contribution in [0.4, 0.5) is 9.52 Å². The summed E-state index contributed by atoms with van der Waals surface area (Å²) < 4.78 is 13.3. The van der Waals surface area contributed by atoms with E-state index in [2.05, 4.69) is 10.3 Å². The third-order valence-corrected chi connectivity index (χ3v) is 3.85. The fourth-order valence-corrected chi connectivity index (χ4v) is 2.69. The maximum absolute atomic E-state index is 13.3. The van der Waals surface area contributed by atoms with Crippen molar-refractivity contribution in [2.45, 2.75) is 6.92 Å². The fraction of sp³-hybridized carbons (Fsp3) is 0.143. The molecule has 4 nitrogen and oxygen atoms in total. The highest BCUT2D eigenvalue weighted by Crippen LogP contribution is 2.35. The number of benzene rings is 1. The van der Waals surface area contributed by atoms with Crippen molar-refractivity contribution in [3.63, 3.8) is 0 Å². The van der Waals surface area contributed by atoms with E-state index in [-0.39, 0.29) is 5.82 Å². The summed E-state index contributed by atoms with van der Waals surface area (Å²) in [5, 5.41) is 12.4. The second-order valence-electron chi connectivity index (χ2n) is 4.12. The van der Waals surface area contributed by atoms with E-state index in [1.54, 1.807) is 26.1 Å². The Balaban J connectivity index is 2.58. The molecule has 0 bridgehead atoms. The zero-order valence-electron chi connectivity index (χ0n) is 11.0. The third kappa shape index (κ3) is 3.03. The average molecular weight is 292 g/mol. The van der Waals surface area contributed by atoms with Crippen LogP contribution in [0.25, 0.3) is 16.8 Å². The van der Waals surface area contributed by atoms with Crippen LogP contribution < -0.4 is 5.32 Å². The van der Waals surface area contributed by atoms with Gasteiger partial charge in [-0.1, -0.05) is 23.5 Å². The Morgan fingerprint density at radius 1 is 1.50 bits per heavy atom. The summed E-state index contributed by atoms with van der Waals surface area (Å²) in [6.07, 6.45) is 1.12. The van der Waals surface area contributed by atoms with Gasteiger partial charge in [0.05, 0.1) is 10.6 Å². The quantitative estimate of drug-likeness (QED) is 0.847. The van der Waals surface area contributed by atoms with Gasteiger partial charge in [0.1, 0.15) is 5.82 Å².